The van der Waals surface area contributed by atoms with Crippen LogP contribution >= 0.6 is 34.4 Å². The van der Waals surface area contributed by atoms with Crippen molar-refractivity contribution in [1.82, 2.24) is 14.1 Å². The topological polar surface area (TPSA) is 75.1 Å². The van der Waals surface area contributed by atoms with Crippen LogP contribution < -0.4 is 5.32 Å². The summed E-state index contributed by atoms with van der Waals surface area (Å²) in [6.45, 7) is 0.0937. The van der Waals surface area contributed by atoms with Crippen LogP contribution in [0.1, 0.15) is 20.8 Å². The van der Waals surface area contributed by atoms with Gasteiger partial charge in [0.05, 0.1) is 18.3 Å². The number of aliphatic hydroxyl groups is 1. The predicted molar refractivity (Wildman–Crippen MR) is 101 cm³/mol. The van der Waals surface area contributed by atoms with E-state index in [0.717, 1.165) is 27.7 Å². The normalized spacial score (nSPS) is 13.6. The summed E-state index contributed by atoms with van der Waals surface area (Å²) >= 11 is 4.10. The highest BCUT2D eigenvalue weighted by atomic mass is 32.1. The molecule has 0 aliphatic heterocycles. The van der Waals surface area contributed by atoms with E-state index in [2.05, 4.69) is 14.1 Å². The quantitative estimate of drug-likeness (QED) is 0.550. The number of aromatic nitrogens is 2. The van der Waals surface area contributed by atoms with Crippen molar-refractivity contribution in [2.75, 3.05) is 6.54 Å². The minimum absolute atomic E-state index is 0.0937. The average Bonchev–Trinajstić information content (AvgIpc) is 3.40. The molecule has 5 nitrogen and oxygen atoms in total. The van der Waals surface area contributed by atoms with Crippen LogP contribution in [0.5, 0.6) is 0 Å². The van der Waals surface area contributed by atoms with Crippen LogP contribution in [-0.2, 0) is 5.60 Å². The summed E-state index contributed by atoms with van der Waals surface area (Å²) in [5.74, 6) is -0.250. The summed E-state index contributed by atoms with van der Waals surface area (Å²) < 4.78 is 8.29. The molecule has 0 radical (unpaired) electrons. The van der Waals surface area contributed by atoms with E-state index in [0.29, 0.717) is 11.1 Å². The highest BCUT2D eigenvalue weighted by molar-refractivity contribution is 7.10. The Hall–Kier alpha value is -2.13. The highest BCUT2D eigenvalue weighted by Crippen LogP contribution is 2.33. The number of nitrogens with zero attached hydrogens (tertiary/aromatic N) is 2. The van der Waals surface area contributed by atoms with Crippen molar-refractivity contribution < 1.29 is 9.90 Å². The molecular formula is C17H13N3O2S3. The molecule has 0 bridgehead atoms. The van der Waals surface area contributed by atoms with Crippen LogP contribution in [0, 0.1) is 0 Å². The zero-order chi connectivity index (χ0) is 17.3. The van der Waals surface area contributed by atoms with Crippen LogP contribution in [0.2, 0.25) is 0 Å². The maximum atomic E-state index is 12.5. The van der Waals surface area contributed by atoms with Crippen molar-refractivity contribution in [1.29, 1.82) is 0 Å². The number of thiophene rings is 2. The van der Waals surface area contributed by atoms with E-state index in [1.165, 1.54) is 22.7 Å². The van der Waals surface area contributed by atoms with E-state index < -0.39 is 5.60 Å². The Morgan fingerprint density at radius 1 is 1.16 bits per heavy atom. The van der Waals surface area contributed by atoms with Gasteiger partial charge in [-0.15, -0.1) is 11.3 Å². The molecule has 3 heterocycles. The van der Waals surface area contributed by atoms with Gasteiger partial charge >= 0.3 is 0 Å². The Kier molecular flexibility index (Phi) is 4.34. The Balaban J connectivity index is 1.58. The smallest absolute Gasteiger partial charge is 0.251 e. The van der Waals surface area contributed by atoms with Crippen molar-refractivity contribution in [3.8, 4) is 0 Å². The van der Waals surface area contributed by atoms with Gasteiger partial charge in [-0.2, -0.15) is 20.1 Å². The second-order valence-electron chi connectivity index (χ2n) is 5.50. The van der Waals surface area contributed by atoms with Gasteiger partial charge in [-0.25, -0.2) is 0 Å². The monoisotopic (exact) mass is 387 g/mol. The van der Waals surface area contributed by atoms with Gasteiger partial charge < -0.3 is 10.4 Å². The number of nitrogens with one attached hydrogen (secondary N) is 1. The molecule has 1 unspecified atom stereocenters. The van der Waals surface area contributed by atoms with Crippen molar-refractivity contribution in [3.63, 3.8) is 0 Å². The summed E-state index contributed by atoms with van der Waals surface area (Å²) in [4.78, 5) is 13.3. The molecule has 1 aromatic carbocycles. The summed E-state index contributed by atoms with van der Waals surface area (Å²) in [5.41, 5.74) is 1.51. The number of rotatable bonds is 5. The maximum absolute atomic E-state index is 12.5. The third kappa shape index (κ3) is 3.09. The summed E-state index contributed by atoms with van der Waals surface area (Å²) in [7, 11) is 0. The molecule has 126 valence electrons. The molecule has 25 heavy (non-hydrogen) atoms. The molecule has 3 aromatic heterocycles. The van der Waals surface area contributed by atoms with Crippen molar-refractivity contribution in [2.24, 2.45) is 0 Å². The molecule has 0 aliphatic rings. The summed E-state index contributed by atoms with van der Waals surface area (Å²) in [6.07, 6.45) is 0. The van der Waals surface area contributed by atoms with E-state index in [9.17, 15) is 9.90 Å². The molecule has 0 saturated heterocycles. The number of fused-ring (bicyclic) bond motifs is 1. The number of hydrogen-bond acceptors (Lipinski definition) is 7. The molecule has 0 spiro atoms. The average molecular weight is 388 g/mol. The number of amides is 1. The zero-order valence-corrected chi connectivity index (χ0v) is 15.3. The first kappa shape index (κ1) is 16.3. The number of carbonyl (C=O) groups excluding carboxylic acids is 1. The van der Waals surface area contributed by atoms with Crippen LogP contribution in [0.3, 0.4) is 0 Å². The maximum Gasteiger partial charge on any atom is 0.251 e. The van der Waals surface area contributed by atoms with Gasteiger partial charge in [0.25, 0.3) is 5.91 Å². The molecule has 1 atom stereocenters. The first-order valence-electron chi connectivity index (χ1n) is 7.46. The second kappa shape index (κ2) is 6.64. The lowest BCUT2D eigenvalue weighted by Crippen LogP contribution is -2.41. The van der Waals surface area contributed by atoms with Crippen molar-refractivity contribution in [3.05, 3.63) is 68.5 Å². The fourth-order valence-electron chi connectivity index (χ4n) is 2.58. The Bertz CT molecular complexity index is 959. The first-order valence-corrected chi connectivity index (χ1v) is 10.0. The van der Waals surface area contributed by atoms with Crippen LogP contribution in [0.15, 0.2) is 52.5 Å². The molecule has 0 fully saturated rings. The molecule has 4 aromatic rings. The SMILES string of the molecule is O=C(NCC(O)(c1ccsc1)c1cccs1)c1ccc2nsnc2c1. The minimum atomic E-state index is -1.24. The lowest BCUT2D eigenvalue weighted by atomic mass is 9.94. The van der Waals surface area contributed by atoms with Crippen molar-refractivity contribution >= 4 is 51.3 Å². The fourth-order valence-corrected chi connectivity index (χ4v) is 4.67. The molecule has 1 amide bonds. The van der Waals surface area contributed by atoms with Gasteiger partial charge in [0.15, 0.2) is 0 Å². The Morgan fingerprint density at radius 2 is 2.04 bits per heavy atom. The molecule has 2 N–H and O–H groups in total. The molecule has 0 aliphatic carbocycles. The number of benzene rings is 1. The van der Waals surface area contributed by atoms with Gasteiger partial charge in [-0.05, 0) is 46.5 Å². The van der Waals surface area contributed by atoms with E-state index in [1.807, 2.05) is 34.3 Å². The minimum Gasteiger partial charge on any atom is -0.378 e. The van der Waals surface area contributed by atoms with Gasteiger partial charge in [0.1, 0.15) is 16.6 Å². The van der Waals surface area contributed by atoms with Crippen LogP contribution in [-0.4, -0.2) is 26.3 Å². The van der Waals surface area contributed by atoms with Gasteiger partial charge in [-0.3, -0.25) is 4.79 Å². The van der Waals surface area contributed by atoms with E-state index in [-0.39, 0.29) is 12.5 Å². The molecule has 4 rings (SSSR count). The molecular weight excluding hydrogens is 374 g/mol. The lowest BCUT2D eigenvalue weighted by Gasteiger charge is -2.27. The van der Waals surface area contributed by atoms with Crippen LogP contribution in [0.25, 0.3) is 11.0 Å². The third-order valence-corrected chi connectivity index (χ3v) is 6.21. The summed E-state index contributed by atoms with van der Waals surface area (Å²) in [5, 5.41) is 19.8. The summed E-state index contributed by atoms with van der Waals surface area (Å²) in [6, 6.07) is 10.8. The molecule has 8 heteroatoms. The van der Waals surface area contributed by atoms with Crippen LogP contribution in [0.4, 0.5) is 0 Å². The van der Waals surface area contributed by atoms with Gasteiger partial charge in [-0.1, -0.05) is 6.07 Å². The molecule has 0 saturated carbocycles. The standard InChI is InChI=1S/C17H13N3O2S3/c21-16(11-3-4-13-14(8-11)20-25-19-13)18-10-17(22,12-5-7-23-9-12)15-2-1-6-24-15/h1-9,22H,10H2,(H,18,21). The zero-order valence-electron chi connectivity index (χ0n) is 12.9. The van der Waals surface area contributed by atoms with E-state index in [1.54, 1.807) is 18.2 Å². The number of carbonyl (C=O) groups is 1. The van der Waals surface area contributed by atoms with Gasteiger partial charge in [0, 0.05) is 16.0 Å². The number of hydrogen-bond donors (Lipinski definition) is 2. The largest absolute Gasteiger partial charge is 0.378 e. The third-order valence-electron chi connectivity index (χ3n) is 3.95. The Labute approximate surface area is 155 Å². The predicted octanol–water partition coefficient (Wildman–Crippen LogP) is 3.48. The fraction of sp³-hybridized carbons (Fsp3) is 0.118. The van der Waals surface area contributed by atoms with E-state index in [4.69, 9.17) is 0 Å². The lowest BCUT2D eigenvalue weighted by molar-refractivity contribution is 0.0721. The first-order chi connectivity index (χ1) is 12.2. The van der Waals surface area contributed by atoms with Gasteiger partial charge in [0.2, 0.25) is 0 Å². The van der Waals surface area contributed by atoms with E-state index >= 15 is 0 Å². The second-order valence-corrected chi connectivity index (χ2v) is 7.76. The van der Waals surface area contributed by atoms with Crippen molar-refractivity contribution in [2.45, 2.75) is 5.60 Å². The Morgan fingerprint density at radius 3 is 2.80 bits per heavy atom. The highest BCUT2D eigenvalue weighted by Gasteiger charge is 2.33.